The number of rotatable bonds is 6. The van der Waals surface area contributed by atoms with Crippen LogP contribution in [0.5, 0.6) is 5.75 Å². The van der Waals surface area contributed by atoms with Gasteiger partial charge in [-0.2, -0.15) is 0 Å². The van der Waals surface area contributed by atoms with Crippen molar-refractivity contribution in [3.8, 4) is 5.75 Å². The molecule has 3 nitrogen and oxygen atoms in total. The van der Waals surface area contributed by atoms with E-state index in [9.17, 15) is 4.79 Å². The molecule has 82 valence electrons. The number of aldehydes is 1. The Kier molecular flexibility index (Phi) is 4.84. The van der Waals surface area contributed by atoms with Gasteiger partial charge in [-0.15, -0.1) is 0 Å². The van der Waals surface area contributed by atoms with Gasteiger partial charge in [0.05, 0.1) is 6.61 Å². The van der Waals surface area contributed by atoms with Crippen LogP contribution in [0.2, 0.25) is 0 Å². The van der Waals surface area contributed by atoms with E-state index in [1.54, 1.807) is 0 Å². The molecule has 0 aliphatic rings. The van der Waals surface area contributed by atoms with Crippen molar-refractivity contribution in [2.75, 3.05) is 13.2 Å². The van der Waals surface area contributed by atoms with Gasteiger partial charge < -0.3 is 14.6 Å². The third-order valence-corrected chi connectivity index (χ3v) is 2.07. The van der Waals surface area contributed by atoms with E-state index in [1.165, 1.54) is 0 Å². The van der Waals surface area contributed by atoms with Crippen LogP contribution in [0.25, 0.3) is 0 Å². The van der Waals surface area contributed by atoms with Crippen molar-refractivity contribution in [1.29, 1.82) is 0 Å². The third-order valence-electron chi connectivity index (χ3n) is 2.07. The second kappa shape index (κ2) is 6.19. The highest BCUT2D eigenvalue weighted by atomic mass is 16.5. The predicted molar refractivity (Wildman–Crippen MR) is 58.0 cm³/mol. The molecule has 0 radical (unpaired) electrons. The molecule has 1 aromatic rings. The molecule has 0 spiro atoms. The van der Waals surface area contributed by atoms with Crippen molar-refractivity contribution in [3.63, 3.8) is 0 Å². The lowest BCUT2D eigenvalue weighted by Crippen LogP contribution is -2.02. The van der Waals surface area contributed by atoms with E-state index < -0.39 is 0 Å². The summed E-state index contributed by atoms with van der Waals surface area (Å²) in [5.41, 5.74) is 1.12. The fourth-order valence-corrected chi connectivity index (χ4v) is 1.31. The minimum absolute atomic E-state index is 0.0178. The van der Waals surface area contributed by atoms with Gasteiger partial charge in [-0.25, -0.2) is 0 Å². The number of hydrogen-bond acceptors (Lipinski definition) is 3. The molecule has 0 bridgehead atoms. The van der Waals surface area contributed by atoms with Crippen molar-refractivity contribution < 1.29 is 14.6 Å². The zero-order chi connectivity index (χ0) is 11.1. The largest absolute Gasteiger partial charge is 0.491 e. The second-order valence-corrected chi connectivity index (χ2v) is 3.53. The highest BCUT2D eigenvalue weighted by Gasteiger charge is 2.01. The second-order valence-electron chi connectivity index (χ2n) is 3.53. The summed E-state index contributed by atoms with van der Waals surface area (Å²) in [6, 6.07) is 7.57. The van der Waals surface area contributed by atoms with Gasteiger partial charge >= 0.3 is 0 Å². The van der Waals surface area contributed by atoms with Crippen LogP contribution in [0, 0.1) is 5.92 Å². The summed E-state index contributed by atoms with van der Waals surface area (Å²) in [7, 11) is 0. The molecule has 0 aliphatic carbocycles. The van der Waals surface area contributed by atoms with E-state index in [-0.39, 0.29) is 12.5 Å². The quantitative estimate of drug-likeness (QED) is 0.719. The molecule has 0 heterocycles. The summed E-state index contributed by atoms with van der Waals surface area (Å²) < 4.78 is 5.22. The van der Waals surface area contributed by atoms with Gasteiger partial charge in [0.25, 0.3) is 0 Å². The first-order chi connectivity index (χ1) is 7.26. The van der Waals surface area contributed by atoms with E-state index in [1.807, 2.05) is 31.2 Å². The summed E-state index contributed by atoms with van der Waals surface area (Å²) in [5.74, 6) is 0.792. The number of aliphatic hydroxyl groups excluding tert-OH is 1. The van der Waals surface area contributed by atoms with E-state index in [4.69, 9.17) is 9.84 Å². The minimum atomic E-state index is 0.0178. The lowest BCUT2D eigenvalue weighted by Gasteiger charge is -2.06. The molecule has 1 unspecified atom stereocenters. The Balaban J connectivity index is 2.52. The summed E-state index contributed by atoms with van der Waals surface area (Å²) in [4.78, 5) is 10.5. The third kappa shape index (κ3) is 4.13. The van der Waals surface area contributed by atoms with Crippen LogP contribution < -0.4 is 4.74 Å². The van der Waals surface area contributed by atoms with E-state index in [2.05, 4.69) is 0 Å². The molecule has 1 N–H and O–H groups in total. The van der Waals surface area contributed by atoms with Crippen LogP contribution in [0.4, 0.5) is 0 Å². The minimum Gasteiger partial charge on any atom is -0.491 e. The zero-order valence-electron chi connectivity index (χ0n) is 8.85. The number of carbonyl (C=O) groups is 1. The molecule has 0 saturated carbocycles. The Morgan fingerprint density at radius 3 is 2.60 bits per heavy atom. The summed E-state index contributed by atoms with van der Waals surface area (Å²) in [6.07, 6.45) is 1.71. The van der Waals surface area contributed by atoms with Crippen molar-refractivity contribution in [2.24, 2.45) is 5.92 Å². The Hall–Kier alpha value is -1.35. The molecule has 3 heteroatoms. The normalized spacial score (nSPS) is 12.1. The molecular weight excluding hydrogens is 192 g/mol. The Morgan fingerprint density at radius 2 is 2.07 bits per heavy atom. The smallest absolute Gasteiger partial charge is 0.123 e. The fraction of sp³-hybridized carbons (Fsp3) is 0.417. The maximum Gasteiger partial charge on any atom is 0.123 e. The number of ether oxygens (including phenoxy) is 1. The van der Waals surface area contributed by atoms with Gasteiger partial charge in [0.15, 0.2) is 0 Å². The van der Waals surface area contributed by atoms with Crippen molar-refractivity contribution in [3.05, 3.63) is 29.8 Å². The Morgan fingerprint density at radius 1 is 1.40 bits per heavy atom. The van der Waals surface area contributed by atoms with Gasteiger partial charge in [-0.3, -0.25) is 0 Å². The van der Waals surface area contributed by atoms with Gasteiger partial charge in [-0.1, -0.05) is 19.1 Å². The van der Waals surface area contributed by atoms with Gasteiger partial charge in [0.1, 0.15) is 18.6 Å². The number of carbonyl (C=O) groups excluding carboxylic acids is 1. The first-order valence-corrected chi connectivity index (χ1v) is 5.04. The summed E-state index contributed by atoms with van der Waals surface area (Å²) in [6.45, 7) is 2.22. The molecule has 1 atom stereocenters. The van der Waals surface area contributed by atoms with Crippen molar-refractivity contribution >= 4 is 6.29 Å². The van der Waals surface area contributed by atoms with Gasteiger partial charge in [0.2, 0.25) is 0 Å². The van der Waals surface area contributed by atoms with Gasteiger partial charge in [-0.05, 0) is 24.1 Å². The topological polar surface area (TPSA) is 46.5 Å². The number of aliphatic hydroxyl groups is 1. The van der Waals surface area contributed by atoms with Crippen LogP contribution >= 0.6 is 0 Å². The highest BCUT2D eigenvalue weighted by Crippen LogP contribution is 2.14. The molecule has 1 aromatic carbocycles. The van der Waals surface area contributed by atoms with E-state index in [0.29, 0.717) is 6.61 Å². The van der Waals surface area contributed by atoms with Crippen LogP contribution in [0.15, 0.2) is 24.3 Å². The molecule has 15 heavy (non-hydrogen) atoms. The number of hydrogen-bond donors (Lipinski definition) is 1. The molecular formula is C12H16O3. The summed E-state index contributed by atoms with van der Waals surface area (Å²) >= 11 is 0. The standard InChI is InChI=1S/C12H16O3/c1-10(9-14)8-11-2-4-12(5-3-11)15-7-6-13/h2-5,9-10,13H,6-8H2,1H3. The lowest BCUT2D eigenvalue weighted by atomic mass is 10.0. The predicted octanol–water partition coefficient (Wildman–Crippen LogP) is 1.44. The Bertz CT molecular complexity index is 292. The first kappa shape index (κ1) is 11.7. The molecule has 0 aliphatic heterocycles. The lowest BCUT2D eigenvalue weighted by molar-refractivity contribution is -0.110. The summed E-state index contributed by atoms with van der Waals surface area (Å²) in [5, 5.41) is 8.57. The van der Waals surface area contributed by atoms with E-state index >= 15 is 0 Å². The maximum atomic E-state index is 10.5. The highest BCUT2D eigenvalue weighted by molar-refractivity contribution is 5.53. The molecule has 0 aromatic heterocycles. The van der Waals surface area contributed by atoms with Crippen molar-refractivity contribution in [1.82, 2.24) is 0 Å². The molecule has 0 fully saturated rings. The molecule has 0 saturated heterocycles. The van der Waals surface area contributed by atoms with Crippen LogP contribution in [0.3, 0.4) is 0 Å². The zero-order valence-corrected chi connectivity index (χ0v) is 8.85. The Labute approximate surface area is 89.7 Å². The molecule has 0 amide bonds. The monoisotopic (exact) mass is 208 g/mol. The van der Waals surface area contributed by atoms with Crippen LogP contribution in [0.1, 0.15) is 12.5 Å². The average molecular weight is 208 g/mol. The van der Waals surface area contributed by atoms with Crippen LogP contribution in [-0.4, -0.2) is 24.6 Å². The van der Waals surface area contributed by atoms with Crippen molar-refractivity contribution in [2.45, 2.75) is 13.3 Å². The fourth-order valence-electron chi connectivity index (χ4n) is 1.31. The van der Waals surface area contributed by atoms with Crippen LogP contribution in [-0.2, 0) is 11.2 Å². The molecule has 1 rings (SSSR count). The average Bonchev–Trinajstić information content (AvgIpc) is 2.28. The van der Waals surface area contributed by atoms with E-state index in [0.717, 1.165) is 24.0 Å². The van der Waals surface area contributed by atoms with Gasteiger partial charge in [0, 0.05) is 5.92 Å². The maximum absolute atomic E-state index is 10.5. The number of benzene rings is 1. The SMILES string of the molecule is CC(C=O)Cc1ccc(OCCO)cc1. The first-order valence-electron chi connectivity index (χ1n) is 5.04.